The molecule has 104 valence electrons. The molecule has 0 saturated carbocycles. The van der Waals surface area contributed by atoms with E-state index in [2.05, 4.69) is 15.3 Å². The fraction of sp³-hybridized carbons (Fsp3) is 0. The van der Waals surface area contributed by atoms with Crippen LogP contribution in [0.4, 0.5) is 5.82 Å². The normalized spacial score (nSPS) is 10.5. The van der Waals surface area contributed by atoms with E-state index in [1.165, 1.54) is 18.7 Å². The molecular formula is C14H9N3O4. The number of amides is 1. The highest BCUT2D eigenvalue weighted by Crippen LogP contribution is 2.21. The number of carbonyl (C=O) groups is 2. The molecule has 21 heavy (non-hydrogen) atoms. The lowest BCUT2D eigenvalue weighted by Crippen LogP contribution is -2.16. The van der Waals surface area contributed by atoms with Crippen LogP contribution in [0.25, 0.3) is 11.0 Å². The fourth-order valence-electron chi connectivity index (χ4n) is 1.91. The first-order valence-electron chi connectivity index (χ1n) is 5.98. The zero-order valence-corrected chi connectivity index (χ0v) is 10.6. The van der Waals surface area contributed by atoms with Crippen molar-refractivity contribution < 1.29 is 19.1 Å². The maximum atomic E-state index is 12.2. The molecule has 0 radical (unpaired) electrons. The summed E-state index contributed by atoms with van der Waals surface area (Å²) < 4.78 is 5.27. The molecule has 7 heteroatoms. The van der Waals surface area contributed by atoms with Crippen LogP contribution in [0.3, 0.4) is 0 Å². The fourth-order valence-corrected chi connectivity index (χ4v) is 1.91. The molecule has 1 aromatic carbocycles. The summed E-state index contributed by atoms with van der Waals surface area (Å²) in [6.07, 6.45) is 3.86. The molecule has 3 aromatic rings. The quantitative estimate of drug-likeness (QED) is 0.763. The molecule has 0 spiro atoms. The third-order valence-electron chi connectivity index (χ3n) is 2.86. The molecule has 0 saturated heterocycles. The molecule has 0 aliphatic heterocycles. The Bertz CT molecular complexity index is 841. The van der Waals surface area contributed by atoms with Crippen LogP contribution in [0, 0.1) is 0 Å². The average Bonchev–Trinajstić information content (AvgIpc) is 2.91. The van der Waals surface area contributed by atoms with Gasteiger partial charge in [0, 0.05) is 17.8 Å². The van der Waals surface area contributed by atoms with Gasteiger partial charge in [-0.3, -0.25) is 4.79 Å². The summed E-state index contributed by atoms with van der Waals surface area (Å²) in [6, 6.07) is 7.04. The van der Waals surface area contributed by atoms with Crippen molar-refractivity contribution in [1.29, 1.82) is 0 Å². The van der Waals surface area contributed by atoms with Crippen LogP contribution < -0.4 is 5.32 Å². The van der Waals surface area contributed by atoms with Crippen molar-refractivity contribution in [3.05, 3.63) is 54.2 Å². The van der Waals surface area contributed by atoms with Gasteiger partial charge in [-0.1, -0.05) is 18.2 Å². The number of benzene rings is 1. The number of nitrogens with zero attached hydrogens (tertiary/aromatic N) is 2. The van der Waals surface area contributed by atoms with E-state index in [-0.39, 0.29) is 11.5 Å². The lowest BCUT2D eigenvalue weighted by molar-refractivity contribution is 0.0691. The highest BCUT2D eigenvalue weighted by atomic mass is 16.4. The Hall–Kier alpha value is -3.22. The number of fused-ring (bicyclic) bond motifs is 1. The van der Waals surface area contributed by atoms with Crippen molar-refractivity contribution in [2.45, 2.75) is 0 Å². The van der Waals surface area contributed by atoms with Gasteiger partial charge < -0.3 is 14.8 Å². The predicted molar refractivity (Wildman–Crippen MR) is 73.2 cm³/mol. The third-order valence-corrected chi connectivity index (χ3v) is 2.86. The zero-order chi connectivity index (χ0) is 14.8. The highest BCUT2D eigenvalue weighted by Gasteiger charge is 2.18. The first-order chi connectivity index (χ1) is 10.2. The lowest BCUT2D eigenvalue weighted by Gasteiger charge is -2.05. The third kappa shape index (κ3) is 2.32. The Balaban J connectivity index is 1.96. The Kier molecular flexibility index (Phi) is 3.07. The van der Waals surface area contributed by atoms with Gasteiger partial charge in [-0.15, -0.1) is 0 Å². The van der Waals surface area contributed by atoms with Crippen molar-refractivity contribution in [3.63, 3.8) is 0 Å². The van der Waals surface area contributed by atoms with Gasteiger partial charge in [0.05, 0.1) is 5.56 Å². The van der Waals surface area contributed by atoms with Gasteiger partial charge in [-0.25, -0.2) is 14.8 Å². The van der Waals surface area contributed by atoms with Gasteiger partial charge in [-0.05, 0) is 6.07 Å². The van der Waals surface area contributed by atoms with Gasteiger partial charge in [0.25, 0.3) is 5.91 Å². The molecule has 0 bridgehead atoms. The topological polar surface area (TPSA) is 105 Å². The smallest absolute Gasteiger partial charge is 0.358 e. The van der Waals surface area contributed by atoms with Gasteiger partial charge >= 0.3 is 5.97 Å². The number of anilines is 1. The molecule has 0 fully saturated rings. The van der Waals surface area contributed by atoms with Crippen molar-refractivity contribution >= 4 is 28.7 Å². The number of hydrogen-bond donors (Lipinski definition) is 2. The van der Waals surface area contributed by atoms with Crippen LogP contribution in [-0.4, -0.2) is 27.0 Å². The largest absolute Gasteiger partial charge is 0.476 e. The Labute approximate surface area is 118 Å². The highest BCUT2D eigenvalue weighted by molar-refractivity contribution is 6.13. The monoisotopic (exact) mass is 283 g/mol. The van der Waals surface area contributed by atoms with Crippen LogP contribution in [0.1, 0.15) is 20.8 Å². The molecule has 0 aliphatic rings. The average molecular weight is 283 g/mol. The first-order valence-corrected chi connectivity index (χ1v) is 5.98. The van der Waals surface area contributed by atoms with Crippen LogP contribution in [0.2, 0.25) is 0 Å². The molecule has 2 heterocycles. The second kappa shape index (κ2) is 5.04. The number of furan rings is 1. The van der Waals surface area contributed by atoms with Crippen LogP contribution in [0.15, 0.2) is 47.3 Å². The van der Waals surface area contributed by atoms with Crippen molar-refractivity contribution in [3.8, 4) is 0 Å². The number of nitrogens with one attached hydrogen (secondary N) is 1. The summed E-state index contributed by atoms with van der Waals surface area (Å²) in [4.78, 5) is 30.8. The summed E-state index contributed by atoms with van der Waals surface area (Å²) in [6.45, 7) is 0. The predicted octanol–water partition coefficient (Wildman–Crippen LogP) is 2.17. The Morgan fingerprint density at radius 2 is 1.90 bits per heavy atom. The summed E-state index contributed by atoms with van der Waals surface area (Å²) in [5.41, 5.74) is 0.548. The maximum absolute atomic E-state index is 12.2. The van der Waals surface area contributed by atoms with Gasteiger partial charge in [0.1, 0.15) is 11.8 Å². The molecule has 7 nitrogen and oxygen atoms in total. The Morgan fingerprint density at radius 1 is 1.14 bits per heavy atom. The van der Waals surface area contributed by atoms with Gasteiger partial charge in [0.2, 0.25) is 0 Å². The van der Waals surface area contributed by atoms with Crippen LogP contribution in [-0.2, 0) is 0 Å². The van der Waals surface area contributed by atoms with E-state index in [0.717, 1.165) is 0 Å². The second-order valence-corrected chi connectivity index (χ2v) is 4.16. The minimum Gasteiger partial charge on any atom is -0.476 e. The maximum Gasteiger partial charge on any atom is 0.358 e. The number of carbonyl (C=O) groups excluding carboxylic acids is 1. The number of hydrogen-bond acceptors (Lipinski definition) is 5. The Morgan fingerprint density at radius 3 is 2.71 bits per heavy atom. The van der Waals surface area contributed by atoms with Crippen molar-refractivity contribution in [2.24, 2.45) is 0 Å². The summed E-state index contributed by atoms with van der Waals surface area (Å²) in [5.74, 6) is -1.89. The molecule has 0 atom stereocenters. The van der Waals surface area contributed by atoms with Crippen LogP contribution in [0.5, 0.6) is 0 Å². The van der Waals surface area contributed by atoms with Crippen molar-refractivity contribution in [1.82, 2.24) is 9.97 Å². The number of rotatable bonds is 3. The van der Waals surface area contributed by atoms with E-state index in [1.54, 1.807) is 24.3 Å². The van der Waals surface area contributed by atoms with Crippen molar-refractivity contribution in [2.75, 3.05) is 5.32 Å². The van der Waals surface area contributed by atoms with E-state index in [0.29, 0.717) is 16.5 Å². The molecule has 2 aromatic heterocycles. The number of para-hydroxylation sites is 1. The molecule has 3 rings (SSSR count). The van der Waals surface area contributed by atoms with Crippen LogP contribution >= 0.6 is 0 Å². The minimum atomic E-state index is -1.27. The number of aromatic carboxylic acids is 1. The van der Waals surface area contributed by atoms with Gasteiger partial charge in [0.15, 0.2) is 11.5 Å². The standard InChI is InChI=1S/C14H9N3O4/c18-13(9-7-21-10-4-2-1-3-8(9)10)17-12-11(14(19)20)15-5-6-16-12/h1-7H,(H,19,20)(H,16,17,18). The van der Waals surface area contributed by atoms with E-state index in [9.17, 15) is 9.59 Å². The molecule has 0 unspecified atom stereocenters. The SMILES string of the molecule is O=C(O)c1nccnc1NC(=O)c1coc2ccccc12. The lowest BCUT2D eigenvalue weighted by atomic mass is 10.1. The number of aromatic nitrogens is 2. The minimum absolute atomic E-state index is 0.111. The van der Waals surface area contributed by atoms with Gasteiger partial charge in [-0.2, -0.15) is 0 Å². The summed E-state index contributed by atoms with van der Waals surface area (Å²) in [7, 11) is 0. The molecule has 2 N–H and O–H groups in total. The number of carboxylic acid groups (broad SMARTS) is 1. The zero-order valence-electron chi connectivity index (χ0n) is 10.6. The number of carboxylic acids is 1. The molecular weight excluding hydrogens is 274 g/mol. The van der Waals surface area contributed by atoms with E-state index in [1.807, 2.05) is 0 Å². The van der Waals surface area contributed by atoms with E-state index < -0.39 is 11.9 Å². The summed E-state index contributed by atoms with van der Waals surface area (Å²) >= 11 is 0. The van der Waals surface area contributed by atoms with E-state index >= 15 is 0 Å². The molecule has 1 amide bonds. The first kappa shape index (κ1) is 12.8. The van der Waals surface area contributed by atoms with E-state index in [4.69, 9.17) is 9.52 Å². The second-order valence-electron chi connectivity index (χ2n) is 4.16. The molecule has 0 aliphatic carbocycles. The summed E-state index contributed by atoms with van der Waals surface area (Å²) in [5, 5.41) is 12.1.